The number of aliphatic carboxylic acids is 1. The summed E-state index contributed by atoms with van der Waals surface area (Å²) >= 11 is 5.88. The van der Waals surface area contributed by atoms with Crippen LogP contribution in [0, 0.1) is 11.8 Å². The van der Waals surface area contributed by atoms with E-state index in [1.54, 1.807) is 13.0 Å². The number of nitrogens with two attached hydrogens (primary N) is 1. The molecule has 17 heavy (non-hydrogen) atoms. The molecule has 0 saturated heterocycles. The maximum absolute atomic E-state index is 11.1. The van der Waals surface area contributed by atoms with Gasteiger partial charge >= 0.3 is 5.97 Å². The Balaban J connectivity index is 2.32. The Morgan fingerprint density at radius 1 is 1.53 bits per heavy atom. The topological polar surface area (TPSA) is 63.3 Å². The van der Waals surface area contributed by atoms with Gasteiger partial charge in [-0.2, -0.15) is 0 Å². The van der Waals surface area contributed by atoms with Crippen LogP contribution in [-0.2, 0) is 4.79 Å². The molecule has 1 aromatic rings. The van der Waals surface area contributed by atoms with Gasteiger partial charge in [-0.05, 0) is 42.4 Å². The molecule has 1 saturated carbocycles. The fraction of sp³-hybridized carbons (Fsp3) is 0.462. The van der Waals surface area contributed by atoms with Crippen LogP contribution in [0.2, 0.25) is 5.02 Å². The van der Waals surface area contributed by atoms with Crippen molar-refractivity contribution in [3.8, 4) is 0 Å². The second-order valence-electron chi connectivity index (χ2n) is 4.77. The normalized spacial score (nSPS) is 18.7. The van der Waals surface area contributed by atoms with Crippen LogP contribution in [0.3, 0.4) is 0 Å². The third-order valence-corrected chi connectivity index (χ3v) is 3.81. The van der Waals surface area contributed by atoms with E-state index in [0.29, 0.717) is 16.6 Å². The molecular weight excluding hydrogens is 238 g/mol. The SMILES string of the molecule is CC(C(=O)O)C(c1ccc(Cl)c(N)c1)C1CC1. The molecule has 0 radical (unpaired) electrons. The molecule has 0 spiro atoms. The van der Waals surface area contributed by atoms with Crippen molar-refractivity contribution in [1.29, 1.82) is 0 Å². The smallest absolute Gasteiger partial charge is 0.306 e. The first-order valence-electron chi connectivity index (χ1n) is 5.78. The first kappa shape index (κ1) is 12.2. The minimum Gasteiger partial charge on any atom is -0.481 e. The van der Waals surface area contributed by atoms with Gasteiger partial charge in [0.1, 0.15) is 0 Å². The highest BCUT2D eigenvalue weighted by Crippen LogP contribution is 2.47. The van der Waals surface area contributed by atoms with Crippen LogP contribution in [0.1, 0.15) is 31.2 Å². The Hall–Kier alpha value is -1.22. The van der Waals surface area contributed by atoms with Crippen molar-refractivity contribution < 1.29 is 9.90 Å². The third-order valence-electron chi connectivity index (χ3n) is 3.46. The molecule has 0 aromatic heterocycles. The largest absolute Gasteiger partial charge is 0.481 e. The summed E-state index contributed by atoms with van der Waals surface area (Å²) in [5.74, 6) is -0.618. The van der Waals surface area contributed by atoms with Gasteiger partial charge in [-0.25, -0.2) is 0 Å². The van der Waals surface area contributed by atoms with Gasteiger partial charge in [0.05, 0.1) is 16.6 Å². The number of nitrogen functional groups attached to an aromatic ring is 1. The molecule has 1 fully saturated rings. The lowest BCUT2D eigenvalue weighted by Crippen LogP contribution is -2.20. The van der Waals surface area contributed by atoms with E-state index in [1.165, 1.54) is 0 Å². The van der Waals surface area contributed by atoms with Gasteiger partial charge in [-0.3, -0.25) is 4.79 Å². The molecule has 0 aliphatic heterocycles. The number of carboxylic acid groups (broad SMARTS) is 1. The Morgan fingerprint density at radius 3 is 2.65 bits per heavy atom. The molecule has 2 atom stereocenters. The fourth-order valence-corrected chi connectivity index (χ4v) is 2.47. The van der Waals surface area contributed by atoms with Gasteiger partial charge in [0.15, 0.2) is 0 Å². The van der Waals surface area contributed by atoms with Gasteiger partial charge in [0.25, 0.3) is 0 Å². The van der Waals surface area contributed by atoms with E-state index in [4.69, 9.17) is 22.4 Å². The summed E-state index contributed by atoms with van der Waals surface area (Å²) in [5, 5.41) is 9.68. The second kappa shape index (κ2) is 4.57. The maximum atomic E-state index is 11.1. The van der Waals surface area contributed by atoms with Gasteiger partial charge in [0.2, 0.25) is 0 Å². The molecule has 3 nitrogen and oxygen atoms in total. The summed E-state index contributed by atoms with van der Waals surface area (Å²) in [6.07, 6.45) is 2.20. The van der Waals surface area contributed by atoms with Crippen LogP contribution in [0.4, 0.5) is 5.69 Å². The minimum absolute atomic E-state index is 0.0482. The molecule has 2 rings (SSSR count). The zero-order valence-electron chi connectivity index (χ0n) is 9.69. The van der Waals surface area contributed by atoms with Crippen LogP contribution in [0.5, 0.6) is 0 Å². The van der Waals surface area contributed by atoms with Crippen molar-refractivity contribution in [3.05, 3.63) is 28.8 Å². The summed E-state index contributed by atoms with van der Waals surface area (Å²) in [5.41, 5.74) is 7.29. The van der Waals surface area contributed by atoms with Gasteiger partial charge in [-0.1, -0.05) is 24.6 Å². The standard InChI is InChI=1S/C13H16ClNO2/c1-7(13(16)17)12(8-2-3-8)9-4-5-10(14)11(15)6-9/h4-8,12H,2-3,15H2,1H3,(H,16,17). The van der Waals surface area contributed by atoms with Gasteiger partial charge in [-0.15, -0.1) is 0 Å². The van der Waals surface area contributed by atoms with Crippen molar-refractivity contribution in [2.24, 2.45) is 11.8 Å². The monoisotopic (exact) mass is 253 g/mol. The van der Waals surface area contributed by atoms with E-state index < -0.39 is 5.97 Å². The molecule has 92 valence electrons. The summed E-state index contributed by atoms with van der Waals surface area (Å²) < 4.78 is 0. The first-order valence-corrected chi connectivity index (χ1v) is 6.16. The van der Waals surface area contributed by atoms with Crippen molar-refractivity contribution in [1.82, 2.24) is 0 Å². The summed E-state index contributed by atoms with van der Waals surface area (Å²) in [6.45, 7) is 1.76. The average molecular weight is 254 g/mol. The van der Waals surface area contributed by atoms with E-state index in [1.807, 2.05) is 12.1 Å². The number of anilines is 1. The van der Waals surface area contributed by atoms with Crippen LogP contribution < -0.4 is 5.73 Å². The highest BCUT2D eigenvalue weighted by Gasteiger charge is 2.38. The average Bonchev–Trinajstić information content (AvgIpc) is 3.07. The Morgan fingerprint density at radius 2 is 2.18 bits per heavy atom. The van der Waals surface area contributed by atoms with E-state index in [0.717, 1.165) is 18.4 Å². The van der Waals surface area contributed by atoms with E-state index in [9.17, 15) is 4.79 Å². The quantitative estimate of drug-likeness (QED) is 0.811. The van der Waals surface area contributed by atoms with Crippen molar-refractivity contribution >= 4 is 23.3 Å². The fourth-order valence-electron chi connectivity index (χ4n) is 2.35. The van der Waals surface area contributed by atoms with Crippen molar-refractivity contribution in [3.63, 3.8) is 0 Å². The molecule has 1 aliphatic carbocycles. The van der Waals surface area contributed by atoms with Crippen LogP contribution in [0.25, 0.3) is 0 Å². The highest BCUT2D eigenvalue weighted by atomic mass is 35.5. The summed E-state index contributed by atoms with van der Waals surface area (Å²) in [4.78, 5) is 11.1. The first-order chi connectivity index (χ1) is 8.00. The zero-order chi connectivity index (χ0) is 12.6. The van der Waals surface area contributed by atoms with Crippen molar-refractivity contribution in [2.45, 2.75) is 25.7 Å². The van der Waals surface area contributed by atoms with E-state index in [-0.39, 0.29) is 11.8 Å². The van der Waals surface area contributed by atoms with Gasteiger partial charge < -0.3 is 10.8 Å². The lowest BCUT2D eigenvalue weighted by atomic mass is 9.83. The minimum atomic E-state index is -0.754. The molecule has 1 aromatic carbocycles. The van der Waals surface area contributed by atoms with Crippen LogP contribution >= 0.6 is 11.6 Å². The number of halogens is 1. The third kappa shape index (κ3) is 2.55. The zero-order valence-corrected chi connectivity index (χ0v) is 10.4. The maximum Gasteiger partial charge on any atom is 0.306 e. The number of hydrogen-bond acceptors (Lipinski definition) is 2. The lowest BCUT2D eigenvalue weighted by molar-refractivity contribution is -0.142. The predicted molar refractivity (Wildman–Crippen MR) is 68.1 cm³/mol. The second-order valence-corrected chi connectivity index (χ2v) is 5.18. The summed E-state index contributed by atoms with van der Waals surface area (Å²) in [6, 6.07) is 5.45. The Kier molecular flexibility index (Phi) is 3.29. The summed E-state index contributed by atoms with van der Waals surface area (Å²) in [7, 11) is 0. The molecule has 3 N–H and O–H groups in total. The Labute approximate surface area is 106 Å². The number of rotatable bonds is 4. The molecule has 0 amide bonds. The molecule has 2 unspecified atom stereocenters. The van der Waals surface area contributed by atoms with E-state index in [2.05, 4.69) is 0 Å². The molecule has 1 aliphatic rings. The van der Waals surface area contributed by atoms with Gasteiger partial charge in [0, 0.05) is 0 Å². The van der Waals surface area contributed by atoms with Crippen LogP contribution in [0.15, 0.2) is 18.2 Å². The van der Waals surface area contributed by atoms with Crippen molar-refractivity contribution in [2.75, 3.05) is 5.73 Å². The molecule has 0 bridgehead atoms. The number of hydrogen-bond donors (Lipinski definition) is 2. The molecular formula is C13H16ClNO2. The van der Waals surface area contributed by atoms with Crippen LogP contribution in [-0.4, -0.2) is 11.1 Å². The lowest BCUT2D eigenvalue weighted by Gasteiger charge is -2.21. The number of carboxylic acids is 1. The molecule has 0 heterocycles. The predicted octanol–water partition coefficient (Wildman–Crippen LogP) is 3.14. The Bertz CT molecular complexity index is 443. The number of carbonyl (C=O) groups is 1. The molecule has 4 heteroatoms. The highest BCUT2D eigenvalue weighted by molar-refractivity contribution is 6.33. The number of benzene rings is 1. The van der Waals surface area contributed by atoms with E-state index >= 15 is 0 Å².